The Hall–Kier alpha value is -3.88. The topological polar surface area (TPSA) is 108 Å². The maximum Gasteiger partial charge on any atom is 0.153 e. The molecule has 33 heavy (non-hydrogen) atoms. The third-order valence-corrected chi connectivity index (χ3v) is 5.75. The van der Waals surface area contributed by atoms with E-state index in [2.05, 4.69) is 27.9 Å². The summed E-state index contributed by atoms with van der Waals surface area (Å²) >= 11 is 0. The number of anilines is 4. The average molecular weight is 444 g/mol. The smallest absolute Gasteiger partial charge is 0.153 e. The number of nitrogens with two attached hydrogens (primary N) is 2. The second-order valence-electron chi connectivity index (χ2n) is 8.72. The van der Waals surface area contributed by atoms with Gasteiger partial charge in [-0.1, -0.05) is 17.9 Å². The molecule has 168 valence electrons. The van der Waals surface area contributed by atoms with Crippen molar-refractivity contribution in [3.63, 3.8) is 0 Å². The fraction of sp³-hybridized carbons (Fsp3) is 0.320. The van der Waals surface area contributed by atoms with Crippen molar-refractivity contribution in [2.24, 2.45) is 11.3 Å². The highest BCUT2D eigenvalue weighted by molar-refractivity contribution is 6.05. The molecule has 0 bridgehead atoms. The average Bonchev–Trinajstić information content (AvgIpc) is 3.00. The van der Waals surface area contributed by atoms with Crippen molar-refractivity contribution in [3.05, 3.63) is 47.5 Å². The van der Waals surface area contributed by atoms with Crippen LogP contribution in [-0.2, 0) is 6.42 Å². The quantitative estimate of drug-likeness (QED) is 0.350. The summed E-state index contributed by atoms with van der Waals surface area (Å²) in [7, 11) is 1.63. The molecule has 0 amide bonds. The second kappa shape index (κ2) is 8.57. The van der Waals surface area contributed by atoms with Crippen molar-refractivity contribution in [2.75, 3.05) is 29.2 Å². The van der Waals surface area contributed by atoms with Crippen LogP contribution in [0.4, 0.5) is 27.4 Å². The van der Waals surface area contributed by atoms with Gasteiger partial charge in [0.05, 0.1) is 17.7 Å². The lowest BCUT2D eigenvalue weighted by molar-refractivity contribution is 0.633. The summed E-state index contributed by atoms with van der Waals surface area (Å²) in [5.41, 5.74) is 8.78. The lowest BCUT2D eigenvalue weighted by Gasteiger charge is -2.28. The van der Waals surface area contributed by atoms with Crippen LogP contribution in [0.15, 0.2) is 30.6 Å². The molecular formula is C25H26FN7. The highest BCUT2D eigenvalue weighted by atomic mass is 19.1. The predicted octanol–water partition coefficient (Wildman–Crippen LogP) is 4.04. The summed E-state index contributed by atoms with van der Waals surface area (Å²) in [6, 6.07) is 8.09. The van der Waals surface area contributed by atoms with Gasteiger partial charge in [0.2, 0.25) is 0 Å². The number of nitrogen functional groups attached to an aromatic ring is 1. The van der Waals surface area contributed by atoms with Crippen LogP contribution in [0.1, 0.15) is 37.8 Å². The van der Waals surface area contributed by atoms with Crippen molar-refractivity contribution in [1.82, 2.24) is 9.97 Å². The largest absolute Gasteiger partial charge is 0.382 e. The summed E-state index contributed by atoms with van der Waals surface area (Å²) in [5, 5.41) is 11.5. The van der Waals surface area contributed by atoms with E-state index in [1.54, 1.807) is 27.1 Å². The van der Waals surface area contributed by atoms with Gasteiger partial charge in [-0.2, -0.15) is 5.26 Å². The zero-order chi connectivity index (χ0) is 23.8. The molecular weight excluding hydrogens is 417 g/mol. The first-order valence-corrected chi connectivity index (χ1v) is 10.8. The van der Waals surface area contributed by atoms with Crippen LogP contribution in [0.25, 0.3) is 10.8 Å². The van der Waals surface area contributed by atoms with Gasteiger partial charge in [-0.15, -0.1) is 0 Å². The van der Waals surface area contributed by atoms with E-state index in [1.165, 1.54) is 11.2 Å². The zero-order valence-corrected chi connectivity index (χ0v) is 19.0. The minimum atomic E-state index is -0.750. The third kappa shape index (κ3) is 4.13. The van der Waals surface area contributed by atoms with Gasteiger partial charge in [0.15, 0.2) is 11.6 Å². The second-order valence-corrected chi connectivity index (χ2v) is 8.72. The first-order valence-electron chi connectivity index (χ1n) is 10.8. The number of nitrogens with zero attached hydrogens (tertiary/aromatic N) is 5. The summed E-state index contributed by atoms with van der Waals surface area (Å²) in [5.74, 6) is 12.4. The predicted molar refractivity (Wildman–Crippen MR) is 129 cm³/mol. The molecule has 1 aliphatic heterocycles. The van der Waals surface area contributed by atoms with Crippen molar-refractivity contribution >= 4 is 33.8 Å². The minimum absolute atomic E-state index is 0.201. The molecule has 0 aliphatic carbocycles. The monoisotopic (exact) mass is 443 g/mol. The minimum Gasteiger partial charge on any atom is -0.382 e. The Labute approximate surface area is 192 Å². The van der Waals surface area contributed by atoms with Crippen LogP contribution in [0.5, 0.6) is 0 Å². The molecule has 2 aromatic heterocycles. The van der Waals surface area contributed by atoms with Gasteiger partial charge in [-0.25, -0.2) is 15.2 Å². The highest BCUT2D eigenvalue weighted by Crippen LogP contribution is 2.41. The van der Waals surface area contributed by atoms with Crippen molar-refractivity contribution < 1.29 is 4.39 Å². The van der Waals surface area contributed by atoms with E-state index in [9.17, 15) is 5.26 Å². The fourth-order valence-corrected chi connectivity index (χ4v) is 4.14. The van der Waals surface area contributed by atoms with Gasteiger partial charge in [0.25, 0.3) is 0 Å². The van der Waals surface area contributed by atoms with Crippen LogP contribution >= 0.6 is 0 Å². The molecule has 0 saturated heterocycles. The molecule has 1 aromatic carbocycles. The van der Waals surface area contributed by atoms with Gasteiger partial charge >= 0.3 is 0 Å². The Morgan fingerprint density at radius 1 is 1.24 bits per heavy atom. The van der Waals surface area contributed by atoms with E-state index < -0.39 is 11.2 Å². The summed E-state index contributed by atoms with van der Waals surface area (Å²) in [6.45, 7) is 4.23. The van der Waals surface area contributed by atoms with Crippen LogP contribution in [0.2, 0.25) is 0 Å². The molecule has 4 rings (SSSR count). The Bertz CT molecular complexity index is 1330. The molecule has 0 spiro atoms. The summed E-state index contributed by atoms with van der Waals surface area (Å²) in [4.78, 5) is 10.6. The van der Waals surface area contributed by atoms with E-state index in [4.69, 9.17) is 11.6 Å². The number of nitriles is 1. The molecule has 0 unspecified atom stereocenters. The lowest BCUT2D eigenvalue weighted by Crippen LogP contribution is -2.28. The van der Waals surface area contributed by atoms with Crippen molar-refractivity contribution in [3.8, 4) is 17.9 Å². The van der Waals surface area contributed by atoms with Gasteiger partial charge < -0.3 is 15.6 Å². The van der Waals surface area contributed by atoms with E-state index in [0.29, 0.717) is 28.8 Å². The number of fused-ring (bicyclic) bond motifs is 2. The van der Waals surface area contributed by atoms with Crippen LogP contribution < -0.4 is 21.5 Å². The normalized spacial score (nSPS) is 13.5. The Kier molecular flexibility index (Phi) is 5.80. The number of rotatable bonds is 2. The molecule has 8 heteroatoms. The first kappa shape index (κ1) is 22.3. The molecule has 0 fully saturated rings. The summed E-state index contributed by atoms with van der Waals surface area (Å²) < 4.78 is 15.1. The van der Waals surface area contributed by atoms with Crippen LogP contribution in [0.3, 0.4) is 0 Å². The zero-order valence-electron chi connectivity index (χ0n) is 19.0. The molecule has 1 aliphatic rings. The standard InChI is InChI=1S/C25H26FN7/c1-25(2,15-27)11-10-16-7-6-9-20-17(16)8-4-5-12-33(20)24-21-18(13-30-14-19(21)26)22(32(3)29)23(28)31-24/h6-7,9,13-14H,4-5,8,12,29H2,1-3H3,(H2,28,31). The lowest BCUT2D eigenvalue weighted by atomic mass is 9.95. The van der Waals surface area contributed by atoms with E-state index >= 15 is 4.39 Å². The number of hydrogen-bond acceptors (Lipinski definition) is 7. The van der Waals surface area contributed by atoms with Crippen molar-refractivity contribution in [2.45, 2.75) is 33.1 Å². The molecule has 0 radical (unpaired) electrons. The van der Waals surface area contributed by atoms with Crippen LogP contribution in [-0.4, -0.2) is 23.6 Å². The van der Waals surface area contributed by atoms with Crippen LogP contribution in [0, 0.1) is 34.4 Å². The number of halogens is 1. The van der Waals surface area contributed by atoms with E-state index in [0.717, 1.165) is 36.1 Å². The van der Waals surface area contributed by atoms with Gasteiger partial charge in [0, 0.05) is 36.4 Å². The molecule has 0 saturated carbocycles. The fourth-order valence-electron chi connectivity index (χ4n) is 4.14. The highest BCUT2D eigenvalue weighted by Gasteiger charge is 2.26. The third-order valence-electron chi connectivity index (χ3n) is 5.75. The first-order chi connectivity index (χ1) is 15.7. The molecule has 3 heterocycles. The van der Waals surface area contributed by atoms with Gasteiger partial charge in [-0.3, -0.25) is 4.98 Å². The molecule has 3 aromatic rings. The maximum absolute atomic E-state index is 15.1. The Morgan fingerprint density at radius 2 is 2.03 bits per heavy atom. The number of hydrazine groups is 1. The van der Waals surface area contributed by atoms with Gasteiger partial charge in [-0.05, 0) is 50.8 Å². The molecule has 7 nitrogen and oxygen atoms in total. The maximum atomic E-state index is 15.1. The number of aromatic nitrogens is 2. The number of benzene rings is 1. The molecule has 4 N–H and O–H groups in total. The SMILES string of the molecule is CN(N)c1c(N)nc(N2CCCCc3c(C#CC(C)(C)C#N)cccc32)c2c(F)cncc12. The molecule has 0 atom stereocenters. The van der Waals surface area contributed by atoms with Crippen molar-refractivity contribution in [1.29, 1.82) is 5.26 Å². The van der Waals surface area contributed by atoms with E-state index in [-0.39, 0.29) is 5.82 Å². The number of pyridine rings is 2. The van der Waals surface area contributed by atoms with Gasteiger partial charge in [0.1, 0.15) is 16.9 Å². The summed E-state index contributed by atoms with van der Waals surface area (Å²) in [6.07, 6.45) is 5.40. The Morgan fingerprint density at radius 3 is 2.76 bits per heavy atom. The van der Waals surface area contributed by atoms with E-state index in [1.807, 2.05) is 23.1 Å². The Balaban J connectivity index is 1.96. The number of hydrogen-bond donors (Lipinski definition) is 2.